The Morgan fingerprint density at radius 3 is 2.16 bits per heavy atom. The van der Waals surface area contributed by atoms with Crippen molar-refractivity contribution in [3.8, 4) is 18.0 Å². The summed E-state index contributed by atoms with van der Waals surface area (Å²) < 4.78 is 20.2. The van der Waals surface area contributed by atoms with Gasteiger partial charge in [-0.1, -0.05) is 6.08 Å². The van der Waals surface area contributed by atoms with Crippen LogP contribution in [0.4, 0.5) is 4.79 Å². The molecule has 0 fully saturated rings. The number of rotatable bonds is 4. The summed E-state index contributed by atoms with van der Waals surface area (Å²) in [7, 11) is 2.71. The molecule has 0 spiro atoms. The molecule has 10 heteroatoms. The normalized spacial score (nSPS) is 16.5. The van der Waals surface area contributed by atoms with Gasteiger partial charge in [-0.2, -0.15) is 0 Å². The van der Waals surface area contributed by atoms with Gasteiger partial charge in [-0.25, -0.2) is 9.59 Å². The van der Waals surface area contributed by atoms with Crippen molar-refractivity contribution in [1.82, 2.24) is 19.9 Å². The van der Waals surface area contributed by atoms with Crippen LogP contribution in [-0.2, 0) is 9.53 Å². The first-order valence-corrected chi connectivity index (χ1v) is 7.47. The molecule has 0 saturated heterocycles. The molecule has 0 radical (unpaired) electrons. The molecule has 1 amide bonds. The lowest BCUT2D eigenvalue weighted by Crippen LogP contribution is -2.43. The fourth-order valence-corrected chi connectivity index (χ4v) is 1.94. The molecule has 25 heavy (non-hydrogen) atoms. The van der Waals surface area contributed by atoms with E-state index in [2.05, 4.69) is 15.0 Å². The average Bonchev–Trinajstić information content (AvgIpc) is 3.02. The van der Waals surface area contributed by atoms with Crippen LogP contribution in [-0.4, -0.2) is 57.8 Å². The van der Waals surface area contributed by atoms with Gasteiger partial charge >= 0.3 is 30.1 Å². The van der Waals surface area contributed by atoms with Crippen LogP contribution in [0.3, 0.4) is 0 Å². The minimum absolute atomic E-state index is 0.0665. The highest BCUT2D eigenvalue weighted by atomic mass is 16.6. The fourth-order valence-electron chi connectivity index (χ4n) is 1.94. The third-order valence-electron chi connectivity index (χ3n) is 2.97. The molecular formula is C15H20N4O6. The number of amides is 1. The number of nitrogens with zero attached hydrogens (tertiary/aromatic N) is 4. The zero-order valence-electron chi connectivity index (χ0n) is 14.7. The Balaban J connectivity index is 2.11. The van der Waals surface area contributed by atoms with Crippen molar-refractivity contribution in [2.24, 2.45) is 0 Å². The second kappa shape index (κ2) is 7.32. The minimum atomic E-state index is -0.872. The van der Waals surface area contributed by atoms with E-state index in [1.807, 2.05) is 0 Å². The third kappa shape index (κ3) is 4.78. The van der Waals surface area contributed by atoms with E-state index < -0.39 is 23.7 Å². The summed E-state index contributed by atoms with van der Waals surface area (Å²) >= 11 is 0. The average molecular weight is 352 g/mol. The minimum Gasteiger partial charge on any atom is -0.467 e. The van der Waals surface area contributed by atoms with Crippen LogP contribution in [0.2, 0.25) is 0 Å². The van der Waals surface area contributed by atoms with Crippen molar-refractivity contribution < 1.29 is 28.5 Å². The molecule has 2 heterocycles. The molecule has 1 atom stereocenters. The first-order chi connectivity index (χ1) is 11.7. The molecule has 1 aliphatic heterocycles. The Morgan fingerprint density at radius 2 is 1.64 bits per heavy atom. The fraction of sp³-hybridized carbons (Fsp3) is 0.533. The summed E-state index contributed by atoms with van der Waals surface area (Å²) in [5.74, 6) is -0.717. The van der Waals surface area contributed by atoms with Gasteiger partial charge in [0.2, 0.25) is 0 Å². The Hall–Kier alpha value is -2.91. The summed E-state index contributed by atoms with van der Waals surface area (Å²) in [6.45, 7) is 5.21. The van der Waals surface area contributed by atoms with Gasteiger partial charge in [-0.05, 0) is 27.2 Å². The molecule has 0 N–H and O–H groups in total. The van der Waals surface area contributed by atoms with Gasteiger partial charge in [0.05, 0.1) is 14.2 Å². The zero-order chi connectivity index (χ0) is 18.6. The molecule has 10 nitrogen and oxygen atoms in total. The number of hydrogen-bond acceptors (Lipinski definition) is 9. The third-order valence-corrected chi connectivity index (χ3v) is 2.97. The number of hydrogen-bond donors (Lipinski definition) is 0. The van der Waals surface area contributed by atoms with E-state index in [1.54, 1.807) is 26.8 Å². The molecule has 1 aromatic heterocycles. The predicted molar refractivity (Wildman–Crippen MR) is 84.2 cm³/mol. The van der Waals surface area contributed by atoms with E-state index in [1.165, 1.54) is 25.3 Å². The van der Waals surface area contributed by atoms with Crippen LogP contribution in [0.15, 0.2) is 12.3 Å². The van der Waals surface area contributed by atoms with Gasteiger partial charge in [-0.15, -0.1) is 15.0 Å². The van der Waals surface area contributed by atoms with Gasteiger partial charge in [0.25, 0.3) is 0 Å². The summed E-state index contributed by atoms with van der Waals surface area (Å²) in [5.41, 5.74) is -0.684. The lowest BCUT2D eigenvalue weighted by molar-refractivity contribution is -0.139. The van der Waals surface area contributed by atoms with Crippen molar-refractivity contribution >= 4 is 12.1 Å². The molecule has 0 saturated carbocycles. The molecule has 2 rings (SSSR count). The lowest BCUT2D eigenvalue weighted by atomic mass is 10.2. The van der Waals surface area contributed by atoms with Crippen molar-refractivity contribution in [1.29, 1.82) is 0 Å². The van der Waals surface area contributed by atoms with Crippen LogP contribution >= 0.6 is 0 Å². The molecule has 1 aromatic rings. The number of carbonyl (C=O) groups is 2. The number of aromatic nitrogens is 3. The van der Waals surface area contributed by atoms with Crippen LogP contribution in [0.5, 0.6) is 18.0 Å². The van der Waals surface area contributed by atoms with E-state index in [4.69, 9.17) is 18.9 Å². The molecule has 0 unspecified atom stereocenters. The van der Waals surface area contributed by atoms with E-state index >= 15 is 0 Å². The summed E-state index contributed by atoms with van der Waals surface area (Å²) in [4.78, 5) is 37.2. The van der Waals surface area contributed by atoms with Gasteiger partial charge in [0.15, 0.2) is 0 Å². The van der Waals surface area contributed by atoms with E-state index in [0.29, 0.717) is 0 Å². The van der Waals surface area contributed by atoms with Crippen LogP contribution in [0.25, 0.3) is 0 Å². The van der Waals surface area contributed by atoms with E-state index in [-0.39, 0.29) is 24.5 Å². The van der Waals surface area contributed by atoms with Crippen LogP contribution in [0.1, 0.15) is 27.2 Å². The van der Waals surface area contributed by atoms with Gasteiger partial charge < -0.3 is 18.9 Å². The molecular weight excluding hydrogens is 332 g/mol. The molecule has 0 aliphatic carbocycles. The highest BCUT2D eigenvalue weighted by Crippen LogP contribution is 2.21. The van der Waals surface area contributed by atoms with Gasteiger partial charge in [0.1, 0.15) is 11.6 Å². The summed E-state index contributed by atoms with van der Waals surface area (Å²) in [5, 5.41) is 0. The lowest BCUT2D eigenvalue weighted by Gasteiger charge is -2.26. The zero-order valence-corrected chi connectivity index (χ0v) is 14.7. The molecule has 0 aromatic carbocycles. The Morgan fingerprint density at radius 1 is 1.08 bits per heavy atom. The number of methoxy groups -OCH3 is 2. The second-order valence-corrected chi connectivity index (χ2v) is 6.04. The standard InChI is InChI=1S/C15H20N4O6/c1-15(2,3)25-14(21)19-8-6-7-9(19)10(20)24-13-17-11(22-4)16-12(18-13)23-5/h6,8-9H,7H2,1-5H3/t9-/m0/s1. The Bertz CT molecular complexity index is 663. The number of esters is 1. The smallest absolute Gasteiger partial charge is 0.415 e. The van der Waals surface area contributed by atoms with Crippen molar-refractivity contribution in [3.05, 3.63) is 12.3 Å². The maximum Gasteiger partial charge on any atom is 0.415 e. The van der Waals surface area contributed by atoms with Crippen molar-refractivity contribution in [2.75, 3.05) is 14.2 Å². The second-order valence-electron chi connectivity index (χ2n) is 6.04. The largest absolute Gasteiger partial charge is 0.467 e. The first-order valence-electron chi connectivity index (χ1n) is 7.47. The summed E-state index contributed by atoms with van der Waals surface area (Å²) in [6, 6.07) is -1.29. The molecule has 136 valence electrons. The van der Waals surface area contributed by atoms with Crippen molar-refractivity contribution in [2.45, 2.75) is 38.8 Å². The van der Waals surface area contributed by atoms with Crippen molar-refractivity contribution in [3.63, 3.8) is 0 Å². The molecule has 0 bridgehead atoms. The van der Waals surface area contributed by atoms with E-state index in [9.17, 15) is 9.59 Å². The quantitative estimate of drug-likeness (QED) is 0.740. The van der Waals surface area contributed by atoms with Crippen LogP contribution in [0, 0.1) is 0 Å². The maximum atomic E-state index is 12.4. The Labute approximate surface area is 144 Å². The highest BCUT2D eigenvalue weighted by Gasteiger charge is 2.35. The maximum absolute atomic E-state index is 12.4. The molecule has 1 aliphatic rings. The Kier molecular flexibility index (Phi) is 5.40. The predicted octanol–water partition coefficient (Wildman–Crippen LogP) is 1.32. The van der Waals surface area contributed by atoms with Gasteiger partial charge in [-0.3, -0.25) is 4.90 Å². The van der Waals surface area contributed by atoms with Crippen LogP contribution < -0.4 is 14.2 Å². The first kappa shape index (κ1) is 18.4. The summed E-state index contributed by atoms with van der Waals surface area (Å²) in [6.07, 6.45) is 2.80. The number of ether oxygens (including phenoxy) is 4. The SMILES string of the molecule is COc1nc(OC)nc(OC(=O)[C@@H]2CC=CN2C(=O)OC(C)(C)C)n1. The van der Waals surface area contributed by atoms with E-state index in [0.717, 1.165) is 0 Å². The monoisotopic (exact) mass is 352 g/mol. The van der Waals surface area contributed by atoms with Gasteiger partial charge in [0, 0.05) is 6.20 Å². The number of carbonyl (C=O) groups excluding carboxylic acids is 2. The highest BCUT2D eigenvalue weighted by molar-refractivity contribution is 5.84. The topological polar surface area (TPSA) is 113 Å².